The lowest BCUT2D eigenvalue weighted by atomic mass is 10.0. The maximum absolute atomic E-state index is 12.9. The molecule has 0 radical (unpaired) electrons. The SMILES string of the molecule is Cc1cc(OC(=O)CCc2cc(Cl)no2)cc2c1C(=O)/C(=C/c1ccc3c(c1)OCO3)O2. The number of halogens is 1. The van der Waals surface area contributed by atoms with Gasteiger partial charge in [-0.15, -0.1) is 0 Å². The number of rotatable bonds is 5. The summed E-state index contributed by atoms with van der Waals surface area (Å²) in [7, 11) is 0. The Hall–Kier alpha value is -3.78. The number of esters is 1. The van der Waals surface area contributed by atoms with Crippen LogP contribution in [0.15, 0.2) is 46.7 Å². The van der Waals surface area contributed by atoms with Gasteiger partial charge in [0, 0.05) is 18.6 Å². The second-order valence-corrected chi connectivity index (χ2v) is 7.64. The first-order valence-corrected chi connectivity index (χ1v) is 10.1. The van der Waals surface area contributed by atoms with E-state index in [1.54, 1.807) is 37.3 Å². The highest BCUT2D eigenvalue weighted by Crippen LogP contribution is 2.39. The van der Waals surface area contributed by atoms with Gasteiger partial charge >= 0.3 is 5.97 Å². The Morgan fingerprint density at radius 3 is 2.81 bits per heavy atom. The molecule has 0 atom stereocenters. The summed E-state index contributed by atoms with van der Waals surface area (Å²) in [6, 6.07) is 10.1. The predicted octanol–water partition coefficient (Wildman–Crippen LogP) is 4.52. The van der Waals surface area contributed by atoms with E-state index in [-0.39, 0.29) is 29.9 Å². The van der Waals surface area contributed by atoms with Gasteiger partial charge in [-0.25, -0.2) is 0 Å². The number of carbonyl (C=O) groups excluding carboxylic acids is 2. The van der Waals surface area contributed by atoms with Crippen molar-refractivity contribution in [2.75, 3.05) is 6.79 Å². The lowest BCUT2D eigenvalue weighted by molar-refractivity contribution is -0.134. The number of ketones is 1. The van der Waals surface area contributed by atoms with Crippen LogP contribution in [0.3, 0.4) is 0 Å². The molecule has 0 aliphatic carbocycles. The Kier molecular flexibility index (Phi) is 5.07. The Bertz CT molecular complexity index is 1280. The van der Waals surface area contributed by atoms with Crippen molar-refractivity contribution in [1.29, 1.82) is 0 Å². The first-order chi connectivity index (χ1) is 15.5. The topological polar surface area (TPSA) is 97.1 Å². The van der Waals surface area contributed by atoms with Gasteiger partial charge in [-0.2, -0.15) is 0 Å². The molecule has 9 heteroatoms. The van der Waals surface area contributed by atoms with Crippen molar-refractivity contribution in [2.24, 2.45) is 0 Å². The van der Waals surface area contributed by atoms with Gasteiger partial charge in [0.2, 0.25) is 12.6 Å². The Morgan fingerprint density at radius 1 is 1.16 bits per heavy atom. The fraction of sp³-hybridized carbons (Fsp3) is 0.174. The number of allylic oxidation sites excluding steroid dienone is 1. The van der Waals surface area contributed by atoms with E-state index in [4.69, 9.17) is 35.1 Å². The second-order valence-electron chi connectivity index (χ2n) is 7.26. The number of ether oxygens (including phenoxy) is 4. The highest BCUT2D eigenvalue weighted by Gasteiger charge is 2.30. The van der Waals surface area contributed by atoms with Crippen molar-refractivity contribution < 1.29 is 33.1 Å². The minimum absolute atomic E-state index is 0.0801. The summed E-state index contributed by atoms with van der Waals surface area (Å²) >= 11 is 5.70. The third-order valence-corrected chi connectivity index (χ3v) is 5.15. The van der Waals surface area contributed by atoms with Gasteiger partial charge in [0.25, 0.3) is 0 Å². The number of benzene rings is 2. The molecule has 0 amide bonds. The number of hydrogen-bond acceptors (Lipinski definition) is 8. The average molecular weight is 454 g/mol. The standard InChI is InChI=1S/C23H16ClNO7/c1-12-6-15(30-21(26)5-3-14-10-20(24)25-32-14)9-18-22(12)23(27)19(31-18)8-13-2-4-16-17(7-13)29-11-28-16/h2,4,6-10H,3,5,11H2,1H3/b19-8-. The normalized spacial score (nSPS) is 15.1. The van der Waals surface area contributed by atoms with Gasteiger partial charge < -0.3 is 23.5 Å². The average Bonchev–Trinajstić information content (AvgIpc) is 3.46. The fourth-order valence-corrected chi connectivity index (χ4v) is 3.66. The Labute approximate surface area is 187 Å². The van der Waals surface area contributed by atoms with Crippen molar-refractivity contribution in [3.05, 3.63) is 69.8 Å². The number of aromatic nitrogens is 1. The van der Waals surface area contributed by atoms with Crippen molar-refractivity contribution in [3.8, 4) is 23.0 Å². The molecule has 5 rings (SSSR count). The van der Waals surface area contributed by atoms with Crippen LogP contribution in [0.2, 0.25) is 5.15 Å². The van der Waals surface area contributed by atoms with E-state index in [1.807, 2.05) is 6.07 Å². The van der Waals surface area contributed by atoms with Gasteiger partial charge in [0.15, 0.2) is 22.4 Å². The van der Waals surface area contributed by atoms with Crippen LogP contribution >= 0.6 is 11.6 Å². The van der Waals surface area contributed by atoms with Gasteiger partial charge in [-0.3, -0.25) is 9.59 Å². The smallest absolute Gasteiger partial charge is 0.311 e. The molecule has 0 saturated carbocycles. The van der Waals surface area contributed by atoms with Crippen molar-refractivity contribution in [1.82, 2.24) is 5.16 Å². The third kappa shape index (κ3) is 3.92. The van der Waals surface area contributed by atoms with Crippen LogP contribution in [-0.2, 0) is 11.2 Å². The van der Waals surface area contributed by atoms with E-state index in [0.717, 1.165) is 5.56 Å². The molecule has 32 heavy (non-hydrogen) atoms. The van der Waals surface area contributed by atoms with Crippen LogP contribution < -0.4 is 18.9 Å². The van der Waals surface area contributed by atoms with Crippen LogP contribution in [0.4, 0.5) is 0 Å². The monoisotopic (exact) mass is 453 g/mol. The summed E-state index contributed by atoms with van der Waals surface area (Å²) in [4.78, 5) is 25.1. The number of nitrogens with zero attached hydrogens (tertiary/aromatic N) is 1. The van der Waals surface area contributed by atoms with Crippen LogP contribution in [0.5, 0.6) is 23.0 Å². The van der Waals surface area contributed by atoms with Crippen molar-refractivity contribution in [3.63, 3.8) is 0 Å². The fourth-order valence-electron chi connectivity index (χ4n) is 3.50. The molecular weight excluding hydrogens is 438 g/mol. The molecule has 162 valence electrons. The number of fused-ring (bicyclic) bond motifs is 2. The molecule has 3 aromatic rings. The van der Waals surface area contributed by atoms with E-state index >= 15 is 0 Å². The molecular formula is C23H16ClNO7. The van der Waals surface area contributed by atoms with Gasteiger partial charge in [0.1, 0.15) is 17.3 Å². The minimum Gasteiger partial charge on any atom is -0.454 e. The lowest BCUT2D eigenvalue weighted by Crippen LogP contribution is -2.09. The molecule has 0 fully saturated rings. The zero-order chi connectivity index (χ0) is 22.2. The summed E-state index contributed by atoms with van der Waals surface area (Å²) in [6.45, 7) is 1.93. The summed E-state index contributed by atoms with van der Waals surface area (Å²) in [5.41, 5.74) is 1.82. The quantitative estimate of drug-likeness (QED) is 0.316. The van der Waals surface area contributed by atoms with E-state index in [1.165, 1.54) is 6.07 Å². The molecule has 0 spiro atoms. The third-order valence-electron chi connectivity index (χ3n) is 4.98. The zero-order valence-electron chi connectivity index (χ0n) is 16.8. The molecule has 0 bridgehead atoms. The molecule has 2 aromatic carbocycles. The van der Waals surface area contributed by atoms with Crippen LogP contribution in [0, 0.1) is 6.92 Å². The summed E-state index contributed by atoms with van der Waals surface area (Å²) in [6.07, 6.45) is 2.02. The lowest BCUT2D eigenvalue weighted by Gasteiger charge is -2.07. The van der Waals surface area contributed by atoms with E-state index < -0.39 is 5.97 Å². The second kappa shape index (κ2) is 8.05. The molecule has 0 unspecified atom stereocenters. The highest BCUT2D eigenvalue weighted by molar-refractivity contribution is 6.29. The predicted molar refractivity (Wildman–Crippen MR) is 112 cm³/mol. The van der Waals surface area contributed by atoms with E-state index in [9.17, 15) is 9.59 Å². The maximum Gasteiger partial charge on any atom is 0.311 e. The van der Waals surface area contributed by atoms with E-state index in [2.05, 4.69) is 5.16 Å². The molecule has 3 heterocycles. The first kappa shape index (κ1) is 20.1. The number of carbonyl (C=O) groups is 2. The molecule has 0 N–H and O–H groups in total. The van der Waals surface area contributed by atoms with Gasteiger partial charge in [-0.1, -0.05) is 22.8 Å². The highest BCUT2D eigenvalue weighted by atomic mass is 35.5. The number of hydrogen-bond donors (Lipinski definition) is 0. The zero-order valence-corrected chi connectivity index (χ0v) is 17.6. The molecule has 0 saturated heterocycles. The Balaban J connectivity index is 1.31. The molecule has 1 aromatic heterocycles. The summed E-state index contributed by atoms with van der Waals surface area (Å²) < 4.78 is 26.8. The first-order valence-electron chi connectivity index (χ1n) is 9.76. The maximum atomic E-state index is 12.9. The summed E-state index contributed by atoms with van der Waals surface area (Å²) in [5, 5.41) is 3.79. The number of Topliss-reactive ketones (excluding diaryl/α,β-unsaturated/α-hetero) is 1. The van der Waals surface area contributed by atoms with Crippen molar-refractivity contribution in [2.45, 2.75) is 19.8 Å². The van der Waals surface area contributed by atoms with Crippen LogP contribution in [-0.4, -0.2) is 23.7 Å². The minimum atomic E-state index is -0.461. The van der Waals surface area contributed by atoms with E-state index in [0.29, 0.717) is 46.3 Å². The van der Waals surface area contributed by atoms with Gasteiger partial charge in [-0.05, 0) is 42.3 Å². The molecule has 2 aliphatic heterocycles. The Morgan fingerprint density at radius 2 is 2.00 bits per heavy atom. The molecule has 2 aliphatic rings. The largest absolute Gasteiger partial charge is 0.454 e. The van der Waals surface area contributed by atoms with Gasteiger partial charge in [0.05, 0.1) is 12.0 Å². The van der Waals surface area contributed by atoms with Crippen molar-refractivity contribution >= 4 is 29.4 Å². The van der Waals surface area contributed by atoms with Crippen LogP contribution in [0.25, 0.3) is 6.08 Å². The van der Waals surface area contributed by atoms with Crippen LogP contribution in [0.1, 0.15) is 33.7 Å². The molecule has 8 nitrogen and oxygen atoms in total. The number of aryl methyl sites for hydroxylation is 2. The summed E-state index contributed by atoms with van der Waals surface area (Å²) in [5.74, 6) is 1.86.